The number of carbonyl (C=O) groups excluding carboxylic acids is 1. The zero-order valence-electron chi connectivity index (χ0n) is 11.9. The minimum absolute atomic E-state index is 0.0160. The Bertz CT molecular complexity index is 490. The van der Waals surface area contributed by atoms with Gasteiger partial charge in [-0.1, -0.05) is 20.3 Å². The van der Waals surface area contributed by atoms with Crippen molar-refractivity contribution in [2.75, 3.05) is 0 Å². The van der Waals surface area contributed by atoms with Crippen LogP contribution in [0.15, 0.2) is 18.2 Å². The van der Waals surface area contributed by atoms with Crippen LogP contribution >= 0.6 is 0 Å². The first-order chi connectivity index (χ1) is 9.44. The Balaban J connectivity index is 2.30. The molecule has 1 aromatic rings. The maximum atomic E-state index is 13.9. The highest BCUT2D eigenvalue weighted by Gasteiger charge is 2.38. The number of hydrogen-bond donors (Lipinski definition) is 0. The molecule has 1 aliphatic carbocycles. The molecule has 1 aliphatic rings. The van der Waals surface area contributed by atoms with E-state index in [1.807, 2.05) is 0 Å². The van der Waals surface area contributed by atoms with Gasteiger partial charge in [0.15, 0.2) is 11.6 Å². The fourth-order valence-corrected chi connectivity index (χ4v) is 2.88. The van der Waals surface area contributed by atoms with E-state index in [2.05, 4.69) is 13.8 Å². The largest absolute Gasteiger partial charge is 0.545 e. The Labute approximate surface area is 118 Å². The van der Waals surface area contributed by atoms with Crippen molar-refractivity contribution in [3.8, 4) is 5.75 Å². The van der Waals surface area contributed by atoms with Crippen LogP contribution in [-0.4, -0.2) is 11.6 Å². The van der Waals surface area contributed by atoms with Crippen LogP contribution < -0.4 is 9.84 Å². The molecular formula is C16H20FO3-. The number of rotatable bonds is 4. The van der Waals surface area contributed by atoms with Crippen molar-refractivity contribution in [3.63, 3.8) is 0 Å². The molecule has 1 saturated carbocycles. The third-order valence-electron chi connectivity index (χ3n) is 4.23. The van der Waals surface area contributed by atoms with Crippen LogP contribution in [0.25, 0.3) is 0 Å². The van der Waals surface area contributed by atoms with Crippen LogP contribution in [0.3, 0.4) is 0 Å². The first-order valence-electron chi connectivity index (χ1n) is 7.14. The third-order valence-corrected chi connectivity index (χ3v) is 4.23. The van der Waals surface area contributed by atoms with E-state index in [0.717, 1.165) is 31.7 Å². The predicted molar refractivity (Wildman–Crippen MR) is 72.0 cm³/mol. The second-order valence-corrected chi connectivity index (χ2v) is 5.81. The number of carboxylic acids is 1. The van der Waals surface area contributed by atoms with Gasteiger partial charge in [0.25, 0.3) is 0 Å². The smallest absolute Gasteiger partial charge is 0.165 e. The lowest BCUT2D eigenvalue weighted by atomic mass is 9.77. The van der Waals surface area contributed by atoms with Crippen LogP contribution in [-0.2, 0) is 0 Å². The number of carboxylic acid groups (broad SMARTS) is 1. The summed E-state index contributed by atoms with van der Waals surface area (Å²) in [6.07, 6.45) is 5.03. The summed E-state index contributed by atoms with van der Waals surface area (Å²) in [5, 5.41) is 10.9. The lowest BCUT2D eigenvalue weighted by Crippen LogP contribution is -2.43. The van der Waals surface area contributed by atoms with E-state index >= 15 is 0 Å². The van der Waals surface area contributed by atoms with E-state index in [4.69, 9.17) is 4.74 Å². The fourth-order valence-electron chi connectivity index (χ4n) is 2.88. The van der Waals surface area contributed by atoms with Crippen molar-refractivity contribution < 1.29 is 19.0 Å². The van der Waals surface area contributed by atoms with E-state index in [1.165, 1.54) is 18.6 Å². The standard InChI is InChI=1S/C16H21FO3/c1-11(2)16(8-4-3-5-9-16)20-14-10-12(15(18)19)6-7-13(14)17/h6-7,10-11H,3-5,8-9H2,1-2H3,(H,18,19)/p-1. The highest BCUT2D eigenvalue weighted by molar-refractivity contribution is 5.86. The average Bonchev–Trinajstić information content (AvgIpc) is 2.42. The molecule has 0 heterocycles. The summed E-state index contributed by atoms with van der Waals surface area (Å²) in [5.74, 6) is -1.59. The van der Waals surface area contributed by atoms with E-state index in [0.29, 0.717) is 0 Å². The molecule has 4 heteroatoms. The Kier molecular flexibility index (Phi) is 4.31. The molecule has 3 nitrogen and oxygen atoms in total. The van der Waals surface area contributed by atoms with Crippen LogP contribution in [0.1, 0.15) is 56.3 Å². The van der Waals surface area contributed by atoms with Gasteiger partial charge in [0.1, 0.15) is 5.60 Å². The summed E-state index contributed by atoms with van der Waals surface area (Å²) in [6.45, 7) is 4.12. The summed E-state index contributed by atoms with van der Waals surface area (Å²) in [6, 6.07) is 3.54. The molecule has 0 aliphatic heterocycles. The SMILES string of the molecule is CC(C)C1(Oc2cc(C(=O)[O-])ccc2F)CCCCC1. The van der Waals surface area contributed by atoms with Gasteiger partial charge in [0, 0.05) is 5.56 Å². The molecule has 110 valence electrons. The quantitative estimate of drug-likeness (QED) is 0.851. The maximum absolute atomic E-state index is 13.9. The summed E-state index contributed by atoms with van der Waals surface area (Å²) >= 11 is 0. The van der Waals surface area contributed by atoms with Crippen molar-refractivity contribution in [1.29, 1.82) is 0 Å². The molecule has 2 rings (SSSR count). The lowest BCUT2D eigenvalue weighted by molar-refractivity contribution is -0.255. The van der Waals surface area contributed by atoms with E-state index in [9.17, 15) is 14.3 Å². The monoisotopic (exact) mass is 279 g/mol. The molecule has 0 bridgehead atoms. The molecule has 0 N–H and O–H groups in total. The number of hydrogen-bond acceptors (Lipinski definition) is 3. The van der Waals surface area contributed by atoms with Crippen molar-refractivity contribution in [1.82, 2.24) is 0 Å². The zero-order chi connectivity index (χ0) is 14.8. The molecule has 1 aromatic carbocycles. The molecule has 0 spiro atoms. The van der Waals surface area contributed by atoms with Gasteiger partial charge in [-0.05, 0) is 49.8 Å². The molecule has 20 heavy (non-hydrogen) atoms. The van der Waals surface area contributed by atoms with E-state index in [1.54, 1.807) is 0 Å². The molecule has 0 radical (unpaired) electrons. The van der Waals surface area contributed by atoms with E-state index < -0.39 is 17.4 Å². The Morgan fingerprint density at radius 1 is 1.30 bits per heavy atom. The molecule has 0 atom stereocenters. The average molecular weight is 279 g/mol. The van der Waals surface area contributed by atoms with E-state index in [-0.39, 0.29) is 17.2 Å². The summed E-state index contributed by atoms with van der Waals surface area (Å²) in [5.41, 5.74) is -0.458. The highest BCUT2D eigenvalue weighted by Crippen LogP contribution is 2.39. The van der Waals surface area contributed by atoms with Crippen LogP contribution in [0, 0.1) is 11.7 Å². The summed E-state index contributed by atoms with van der Waals surface area (Å²) in [4.78, 5) is 10.9. The summed E-state index contributed by atoms with van der Waals surface area (Å²) in [7, 11) is 0. The van der Waals surface area contributed by atoms with Gasteiger partial charge in [-0.25, -0.2) is 4.39 Å². The predicted octanol–water partition coefficient (Wildman–Crippen LogP) is 2.93. The van der Waals surface area contributed by atoms with Gasteiger partial charge in [0.05, 0.1) is 5.97 Å². The highest BCUT2D eigenvalue weighted by atomic mass is 19.1. The number of aromatic carboxylic acids is 1. The second kappa shape index (κ2) is 5.81. The number of halogens is 1. The van der Waals surface area contributed by atoms with Gasteiger partial charge in [-0.2, -0.15) is 0 Å². The first kappa shape index (κ1) is 14.8. The van der Waals surface area contributed by atoms with Crippen LogP contribution in [0.5, 0.6) is 5.75 Å². The lowest BCUT2D eigenvalue weighted by Gasteiger charge is -2.41. The number of ether oxygens (including phenoxy) is 1. The topological polar surface area (TPSA) is 49.4 Å². The van der Waals surface area contributed by atoms with Crippen molar-refractivity contribution in [2.24, 2.45) is 5.92 Å². The molecule has 0 unspecified atom stereocenters. The minimum atomic E-state index is -1.32. The normalized spacial score (nSPS) is 18.0. The van der Waals surface area contributed by atoms with Gasteiger partial charge >= 0.3 is 0 Å². The molecule has 0 amide bonds. The number of benzene rings is 1. The first-order valence-corrected chi connectivity index (χ1v) is 7.14. The zero-order valence-corrected chi connectivity index (χ0v) is 11.9. The van der Waals surface area contributed by atoms with Crippen molar-refractivity contribution in [2.45, 2.75) is 51.6 Å². The Hall–Kier alpha value is -1.58. The van der Waals surface area contributed by atoms with Crippen molar-refractivity contribution >= 4 is 5.97 Å². The second-order valence-electron chi connectivity index (χ2n) is 5.81. The van der Waals surface area contributed by atoms with Crippen molar-refractivity contribution in [3.05, 3.63) is 29.6 Å². The summed E-state index contributed by atoms with van der Waals surface area (Å²) < 4.78 is 19.8. The number of carbonyl (C=O) groups is 1. The van der Waals surface area contributed by atoms with Crippen LogP contribution in [0.4, 0.5) is 4.39 Å². The molecule has 1 fully saturated rings. The third kappa shape index (κ3) is 2.94. The maximum Gasteiger partial charge on any atom is 0.165 e. The molecule has 0 aromatic heterocycles. The fraction of sp³-hybridized carbons (Fsp3) is 0.562. The van der Waals surface area contributed by atoms with Crippen LogP contribution in [0.2, 0.25) is 0 Å². The Morgan fingerprint density at radius 3 is 2.50 bits per heavy atom. The minimum Gasteiger partial charge on any atom is -0.545 e. The van der Waals surface area contributed by atoms with Gasteiger partial charge in [0.2, 0.25) is 0 Å². The van der Waals surface area contributed by atoms with Gasteiger partial charge in [-0.3, -0.25) is 0 Å². The van der Waals surface area contributed by atoms with Gasteiger partial charge < -0.3 is 14.6 Å². The molecule has 0 saturated heterocycles. The Morgan fingerprint density at radius 2 is 1.95 bits per heavy atom. The molecular weight excluding hydrogens is 259 g/mol. The van der Waals surface area contributed by atoms with Gasteiger partial charge in [-0.15, -0.1) is 0 Å².